The number of likely N-dealkylation sites (tertiary alicyclic amines) is 1. The fourth-order valence-electron chi connectivity index (χ4n) is 1.74. The molecule has 0 aliphatic carbocycles. The maximum absolute atomic E-state index is 11.7. The van der Waals surface area contributed by atoms with E-state index in [4.69, 9.17) is 0 Å². The summed E-state index contributed by atoms with van der Waals surface area (Å²) in [6.07, 6.45) is 2.03. The number of amides is 3. The lowest BCUT2D eigenvalue weighted by atomic mass is 10.4. The molecule has 3 amide bonds. The van der Waals surface area contributed by atoms with Crippen LogP contribution in [-0.2, 0) is 9.59 Å². The van der Waals surface area contributed by atoms with Crippen molar-refractivity contribution in [1.29, 1.82) is 0 Å². The molecule has 0 radical (unpaired) electrons. The first-order chi connectivity index (χ1) is 7.18. The van der Waals surface area contributed by atoms with E-state index < -0.39 is 0 Å². The van der Waals surface area contributed by atoms with Crippen molar-refractivity contribution < 1.29 is 14.4 Å². The Balaban J connectivity index is 1.93. The van der Waals surface area contributed by atoms with Gasteiger partial charge in [0.1, 0.15) is 6.54 Å². The molecule has 2 aliphatic heterocycles. The zero-order valence-corrected chi connectivity index (χ0v) is 9.09. The number of rotatable bonds is 2. The third kappa shape index (κ3) is 2.14. The smallest absolute Gasteiger partial charge is 0.289 e. The van der Waals surface area contributed by atoms with E-state index in [2.05, 4.69) is 0 Å². The van der Waals surface area contributed by atoms with Crippen LogP contribution in [0, 0.1) is 0 Å². The summed E-state index contributed by atoms with van der Waals surface area (Å²) < 4.78 is 0. The molecule has 2 rings (SSSR count). The second-order valence-electron chi connectivity index (χ2n) is 3.62. The lowest BCUT2D eigenvalue weighted by Gasteiger charge is -2.18. The second-order valence-corrected chi connectivity index (χ2v) is 4.55. The SMILES string of the molecule is O=C(CN1C(=O)CSC1=O)N1CCCC1. The predicted octanol–water partition coefficient (Wildman–Crippen LogP) is 0.304. The van der Waals surface area contributed by atoms with Crippen LogP contribution in [0.15, 0.2) is 0 Å². The molecule has 0 aromatic heterocycles. The van der Waals surface area contributed by atoms with Gasteiger partial charge in [0.2, 0.25) is 11.8 Å². The van der Waals surface area contributed by atoms with E-state index in [0.717, 1.165) is 42.6 Å². The van der Waals surface area contributed by atoms with Gasteiger partial charge in [-0.05, 0) is 12.8 Å². The van der Waals surface area contributed by atoms with Crippen LogP contribution in [-0.4, -0.2) is 52.2 Å². The molecule has 0 N–H and O–H groups in total. The van der Waals surface area contributed by atoms with Crippen LogP contribution in [0.5, 0.6) is 0 Å². The van der Waals surface area contributed by atoms with Gasteiger partial charge in [-0.3, -0.25) is 19.3 Å². The van der Waals surface area contributed by atoms with Crippen LogP contribution in [0.4, 0.5) is 4.79 Å². The molecule has 2 aliphatic rings. The summed E-state index contributed by atoms with van der Waals surface area (Å²) in [6.45, 7) is 1.43. The largest absolute Gasteiger partial charge is 0.341 e. The molecule has 0 atom stereocenters. The van der Waals surface area contributed by atoms with Crippen molar-refractivity contribution in [1.82, 2.24) is 9.80 Å². The van der Waals surface area contributed by atoms with Gasteiger partial charge < -0.3 is 4.90 Å². The van der Waals surface area contributed by atoms with Crippen LogP contribution in [0.2, 0.25) is 0 Å². The minimum atomic E-state index is -0.299. The molecule has 2 heterocycles. The fourth-order valence-corrected chi connectivity index (χ4v) is 2.46. The normalized spacial score (nSPS) is 21.6. The highest BCUT2D eigenvalue weighted by Gasteiger charge is 2.33. The Labute approximate surface area is 91.8 Å². The summed E-state index contributed by atoms with van der Waals surface area (Å²) in [5.41, 5.74) is 0. The van der Waals surface area contributed by atoms with Crippen LogP contribution < -0.4 is 0 Å². The van der Waals surface area contributed by atoms with Gasteiger partial charge in [-0.25, -0.2) is 0 Å². The zero-order valence-electron chi connectivity index (χ0n) is 8.27. The quantitative estimate of drug-likeness (QED) is 0.682. The average molecular weight is 228 g/mol. The molecule has 0 unspecified atom stereocenters. The number of hydrogen-bond donors (Lipinski definition) is 0. The number of hydrogen-bond acceptors (Lipinski definition) is 4. The van der Waals surface area contributed by atoms with E-state index in [1.54, 1.807) is 4.90 Å². The van der Waals surface area contributed by atoms with E-state index in [1.165, 1.54) is 0 Å². The molecule has 0 bridgehead atoms. The maximum Gasteiger partial charge on any atom is 0.289 e. The van der Waals surface area contributed by atoms with Gasteiger partial charge >= 0.3 is 0 Å². The van der Waals surface area contributed by atoms with E-state index in [9.17, 15) is 14.4 Å². The molecule has 15 heavy (non-hydrogen) atoms. The van der Waals surface area contributed by atoms with Gasteiger partial charge in [0.25, 0.3) is 5.24 Å². The average Bonchev–Trinajstić information content (AvgIpc) is 2.82. The van der Waals surface area contributed by atoms with Crippen molar-refractivity contribution >= 4 is 28.8 Å². The first-order valence-electron chi connectivity index (χ1n) is 4.93. The summed E-state index contributed by atoms with van der Waals surface area (Å²) in [5, 5.41) is -0.299. The Kier molecular flexibility index (Phi) is 2.95. The molecule has 0 spiro atoms. The van der Waals surface area contributed by atoms with E-state index >= 15 is 0 Å². The van der Waals surface area contributed by atoms with Gasteiger partial charge in [-0.1, -0.05) is 11.8 Å². The van der Waals surface area contributed by atoms with Crippen LogP contribution >= 0.6 is 11.8 Å². The topological polar surface area (TPSA) is 57.7 Å². The molecular formula is C9H12N2O3S. The Morgan fingerprint density at radius 3 is 2.47 bits per heavy atom. The van der Waals surface area contributed by atoms with Gasteiger partial charge in [0.05, 0.1) is 5.75 Å². The van der Waals surface area contributed by atoms with Crippen LogP contribution in [0.25, 0.3) is 0 Å². The monoisotopic (exact) mass is 228 g/mol. The number of carbonyl (C=O) groups excluding carboxylic acids is 3. The molecule has 2 saturated heterocycles. The maximum atomic E-state index is 11.7. The van der Waals surface area contributed by atoms with Crippen molar-refractivity contribution in [2.75, 3.05) is 25.4 Å². The van der Waals surface area contributed by atoms with Crippen molar-refractivity contribution in [3.63, 3.8) is 0 Å². The summed E-state index contributed by atoms with van der Waals surface area (Å²) in [5.74, 6) is -0.194. The van der Waals surface area contributed by atoms with Crippen molar-refractivity contribution in [2.45, 2.75) is 12.8 Å². The molecule has 6 heteroatoms. The number of imide groups is 1. The Hall–Kier alpha value is -1.04. The predicted molar refractivity (Wildman–Crippen MR) is 55.4 cm³/mol. The van der Waals surface area contributed by atoms with E-state index in [1.807, 2.05) is 0 Å². The van der Waals surface area contributed by atoms with Crippen LogP contribution in [0.1, 0.15) is 12.8 Å². The Bertz CT molecular complexity index is 296. The lowest BCUT2D eigenvalue weighted by Crippen LogP contribution is -2.41. The molecule has 0 aromatic rings. The Morgan fingerprint density at radius 2 is 1.93 bits per heavy atom. The molecule has 5 nitrogen and oxygen atoms in total. The lowest BCUT2D eigenvalue weighted by molar-refractivity contribution is -0.135. The van der Waals surface area contributed by atoms with Crippen molar-refractivity contribution in [3.05, 3.63) is 0 Å². The third-order valence-corrected chi connectivity index (χ3v) is 3.45. The Morgan fingerprint density at radius 1 is 1.27 bits per heavy atom. The highest BCUT2D eigenvalue weighted by Crippen LogP contribution is 2.19. The van der Waals surface area contributed by atoms with Gasteiger partial charge in [-0.2, -0.15) is 0 Å². The van der Waals surface area contributed by atoms with Crippen LogP contribution in [0.3, 0.4) is 0 Å². The van der Waals surface area contributed by atoms with Crippen molar-refractivity contribution in [3.8, 4) is 0 Å². The summed E-state index contributed by atoms with van der Waals surface area (Å²) in [7, 11) is 0. The number of thioether (sulfide) groups is 1. The first kappa shape index (κ1) is 10.5. The zero-order chi connectivity index (χ0) is 10.8. The summed E-state index contributed by atoms with van der Waals surface area (Å²) in [6, 6.07) is 0. The molecular weight excluding hydrogens is 216 g/mol. The number of nitrogens with zero attached hydrogens (tertiary/aromatic N) is 2. The van der Waals surface area contributed by atoms with Gasteiger partial charge in [0, 0.05) is 13.1 Å². The summed E-state index contributed by atoms with van der Waals surface area (Å²) in [4.78, 5) is 36.9. The second kappa shape index (κ2) is 4.22. The molecule has 0 aromatic carbocycles. The minimum absolute atomic E-state index is 0.0787. The summed E-state index contributed by atoms with van der Waals surface area (Å²) >= 11 is 0.965. The molecule has 82 valence electrons. The number of carbonyl (C=O) groups is 3. The highest BCUT2D eigenvalue weighted by molar-refractivity contribution is 8.14. The molecule has 0 saturated carbocycles. The fraction of sp³-hybridized carbons (Fsp3) is 0.667. The first-order valence-corrected chi connectivity index (χ1v) is 5.92. The van der Waals surface area contributed by atoms with E-state index in [0.29, 0.717) is 0 Å². The van der Waals surface area contributed by atoms with Crippen molar-refractivity contribution in [2.24, 2.45) is 0 Å². The van der Waals surface area contributed by atoms with Gasteiger partial charge in [-0.15, -0.1) is 0 Å². The minimum Gasteiger partial charge on any atom is -0.341 e. The third-order valence-electron chi connectivity index (χ3n) is 2.59. The molecule has 2 fully saturated rings. The van der Waals surface area contributed by atoms with E-state index in [-0.39, 0.29) is 29.4 Å². The van der Waals surface area contributed by atoms with Gasteiger partial charge in [0.15, 0.2) is 0 Å². The highest BCUT2D eigenvalue weighted by atomic mass is 32.2. The standard InChI is InChI=1S/C9H12N2O3S/c12-7(10-3-1-2-4-10)5-11-8(13)6-15-9(11)14/h1-6H2.